The molecular weight excluding hydrogens is 251 g/mol. The maximum atomic E-state index is 13.2. The lowest BCUT2D eigenvalue weighted by Crippen LogP contribution is -2.32. The van der Waals surface area contributed by atoms with Crippen molar-refractivity contribution >= 4 is 11.6 Å². The fourth-order valence-corrected chi connectivity index (χ4v) is 2.73. The van der Waals surface area contributed by atoms with Crippen LogP contribution >= 0.6 is 11.6 Å². The van der Waals surface area contributed by atoms with Crippen molar-refractivity contribution in [2.75, 3.05) is 19.6 Å². The van der Waals surface area contributed by atoms with Crippen LogP contribution in [0.25, 0.3) is 0 Å². The van der Waals surface area contributed by atoms with Crippen LogP contribution in [0.1, 0.15) is 31.9 Å². The highest BCUT2D eigenvalue weighted by Gasteiger charge is 2.34. The maximum absolute atomic E-state index is 13.2. The first-order chi connectivity index (χ1) is 8.45. The molecule has 2 nitrogen and oxygen atoms in total. The van der Waals surface area contributed by atoms with E-state index in [0.29, 0.717) is 6.54 Å². The van der Waals surface area contributed by atoms with Gasteiger partial charge in [-0.15, -0.1) is 0 Å². The summed E-state index contributed by atoms with van der Waals surface area (Å²) in [6.07, 6.45) is 1.11. The second-order valence-electron chi connectivity index (χ2n) is 5.58. The van der Waals surface area contributed by atoms with Gasteiger partial charge in [-0.25, -0.2) is 4.39 Å². The van der Waals surface area contributed by atoms with Gasteiger partial charge in [0.15, 0.2) is 0 Å². The normalized spacial score (nSPS) is 26.5. The molecule has 0 amide bonds. The van der Waals surface area contributed by atoms with Crippen LogP contribution in [0.2, 0.25) is 5.02 Å². The molecule has 1 aromatic rings. The minimum atomic E-state index is -0.360. The van der Waals surface area contributed by atoms with Crippen molar-refractivity contribution in [2.24, 2.45) is 11.1 Å². The summed E-state index contributed by atoms with van der Waals surface area (Å²) in [6, 6.07) is 5.22. The zero-order chi connectivity index (χ0) is 13.3. The van der Waals surface area contributed by atoms with Crippen LogP contribution in [-0.4, -0.2) is 24.5 Å². The zero-order valence-corrected chi connectivity index (χ0v) is 11.7. The fraction of sp³-hybridized carbons (Fsp3) is 0.571. The molecule has 1 aromatic carbocycles. The average molecular weight is 271 g/mol. The molecule has 0 saturated carbocycles. The first-order valence-corrected chi connectivity index (χ1v) is 6.72. The Hall–Kier alpha value is -0.640. The molecule has 0 aromatic heterocycles. The summed E-state index contributed by atoms with van der Waals surface area (Å²) in [5.74, 6) is -0.360. The third-order valence-electron chi connectivity index (χ3n) is 4.05. The molecule has 0 spiro atoms. The number of benzene rings is 1. The van der Waals surface area contributed by atoms with Crippen LogP contribution in [0.5, 0.6) is 0 Å². The lowest BCUT2D eigenvalue weighted by atomic mass is 9.90. The quantitative estimate of drug-likeness (QED) is 0.914. The summed E-state index contributed by atoms with van der Waals surface area (Å²) in [5, 5.41) is 0.195. The minimum Gasteiger partial charge on any atom is -0.330 e. The van der Waals surface area contributed by atoms with Gasteiger partial charge in [-0.2, -0.15) is 0 Å². The minimum absolute atomic E-state index is 0.195. The molecule has 0 bridgehead atoms. The highest BCUT2D eigenvalue weighted by Crippen LogP contribution is 2.35. The highest BCUT2D eigenvalue weighted by atomic mass is 35.5. The number of rotatable bonds is 3. The molecule has 2 unspecified atom stereocenters. The molecule has 0 aliphatic carbocycles. The second kappa shape index (κ2) is 5.16. The van der Waals surface area contributed by atoms with Crippen molar-refractivity contribution in [3.63, 3.8) is 0 Å². The standard InChI is InChI=1S/C14H20ClFN2/c1-10(11-3-4-13(16)12(15)7-11)18-6-5-14(2,8-17)9-18/h3-4,7,10H,5-6,8-9,17H2,1-2H3. The van der Waals surface area contributed by atoms with E-state index in [1.54, 1.807) is 6.07 Å². The molecule has 1 fully saturated rings. The van der Waals surface area contributed by atoms with Crippen molar-refractivity contribution in [3.05, 3.63) is 34.6 Å². The van der Waals surface area contributed by atoms with E-state index in [0.717, 1.165) is 25.1 Å². The first-order valence-electron chi connectivity index (χ1n) is 6.34. The van der Waals surface area contributed by atoms with E-state index in [1.165, 1.54) is 6.07 Å². The van der Waals surface area contributed by atoms with Gasteiger partial charge in [0.25, 0.3) is 0 Å². The van der Waals surface area contributed by atoms with E-state index in [1.807, 2.05) is 6.07 Å². The Morgan fingerprint density at radius 3 is 2.83 bits per heavy atom. The lowest BCUT2D eigenvalue weighted by Gasteiger charge is -2.27. The molecule has 1 heterocycles. The molecule has 18 heavy (non-hydrogen) atoms. The Morgan fingerprint density at radius 1 is 1.56 bits per heavy atom. The summed E-state index contributed by atoms with van der Waals surface area (Å²) < 4.78 is 13.2. The van der Waals surface area contributed by atoms with E-state index in [2.05, 4.69) is 18.7 Å². The molecule has 0 radical (unpaired) electrons. The maximum Gasteiger partial charge on any atom is 0.141 e. The zero-order valence-electron chi connectivity index (χ0n) is 10.9. The van der Waals surface area contributed by atoms with Crippen LogP contribution in [0.4, 0.5) is 4.39 Å². The van der Waals surface area contributed by atoms with Crippen molar-refractivity contribution < 1.29 is 4.39 Å². The van der Waals surface area contributed by atoms with E-state index < -0.39 is 0 Å². The number of halogens is 2. The third kappa shape index (κ3) is 2.68. The van der Waals surface area contributed by atoms with Crippen LogP contribution in [0.3, 0.4) is 0 Å². The van der Waals surface area contributed by atoms with E-state index in [9.17, 15) is 4.39 Å². The largest absolute Gasteiger partial charge is 0.330 e. The van der Waals surface area contributed by atoms with Crippen molar-refractivity contribution in [1.82, 2.24) is 4.90 Å². The molecule has 1 aliphatic rings. The number of hydrogen-bond donors (Lipinski definition) is 1. The Balaban J connectivity index is 2.12. The van der Waals surface area contributed by atoms with Gasteiger partial charge in [0, 0.05) is 12.6 Å². The molecule has 1 aliphatic heterocycles. The van der Waals surface area contributed by atoms with Crippen molar-refractivity contribution in [1.29, 1.82) is 0 Å². The van der Waals surface area contributed by atoms with Gasteiger partial charge >= 0.3 is 0 Å². The summed E-state index contributed by atoms with van der Waals surface area (Å²) in [4.78, 5) is 2.39. The summed E-state index contributed by atoms with van der Waals surface area (Å²) in [7, 11) is 0. The molecular formula is C14H20ClFN2. The van der Waals surface area contributed by atoms with Crippen molar-refractivity contribution in [3.8, 4) is 0 Å². The molecule has 2 atom stereocenters. The SMILES string of the molecule is CC(c1ccc(F)c(Cl)c1)N1CCC(C)(CN)C1. The summed E-state index contributed by atoms with van der Waals surface area (Å²) in [5.41, 5.74) is 7.08. The molecule has 4 heteroatoms. The monoisotopic (exact) mass is 270 g/mol. The summed E-state index contributed by atoms with van der Waals surface area (Å²) in [6.45, 7) is 7.08. The Labute approximate surface area is 113 Å². The van der Waals surface area contributed by atoms with Crippen LogP contribution in [-0.2, 0) is 0 Å². The van der Waals surface area contributed by atoms with Crippen LogP contribution in [0, 0.1) is 11.2 Å². The van der Waals surface area contributed by atoms with Crippen LogP contribution in [0.15, 0.2) is 18.2 Å². The Kier molecular flexibility index (Phi) is 3.95. The predicted molar refractivity (Wildman–Crippen MR) is 73.2 cm³/mol. The molecule has 100 valence electrons. The lowest BCUT2D eigenvalue weighted by molar-refractivity contribution is 0.227. The van der Waals surface area contributed by atoms with Gasteiger partial charge in [0.05, 0.1) is 5.02 Å². The van der Waals surface area contributed by atoms with Gasteiger partial charge in [0.2, 0.25) is 0 Å². The fourth-order valence-electron chi connectivity index (χ4n) is 2.54. The second-order valence-corrected chi connectivity index (χ2v) is 5.99. The Bertz CT molecular complexity index is 438. The topological polar surface area (TPSA) is 29.3 Å². The molecule has 2 N–H and O–H groups in total. The van der Waals surface area contributed by atoms with Gasteiger partial charge in [-0.05, 0) is 49.5 Å². The van der Waals surface area contributed by atoms with Gasteiger partial charge in [0.1, 0.15) is 5.82 Å². The van der Waals surface area contributed by atoms with Gasteiger partial charge < -0.3 is 5.73 Å². The summed E-state index contributed by atoms with van der Waals surface area (Å²) >= 11 is 5.83. The van der Waals surface area contributed by atoms with Gasteiger partial charge in [-0.3, -0.25) is 4.90 Å². The van der Waals surface area contributed by atoms with E-state index >= 15 is 0 Å². The molecule has 2 rings (SSSR count). The average Bonchev–Trinajstić information content (AvgIpc) is 2.75. The number of likely N-dealkylation sites (tertiary alicyclic amines) is 1. The highest BCUT2D eigenvalue weighted by molar-refractivity contribution is 6.30. The third-order valence-corrected chi connectivity index (χ3v) is 4.34. The number of nitrogens with two attached hydrogens (primary N) is 1. The van der Waals surface area contributed by atoms with Crippen molar-refractivity contribution in [2.45, 2.75) is 26.3 Å². The predicted octanol–water partition coefficient (Wildman–Crippen LogP) is 3.21. The number of hydrogen-bond acceptors (Lipinski definition) is 2. The van der Waals surface area contributed by atoms with E-state index in [4.69, 9.17) is 17.3 Å². The van der Waals surface area contributed by atoms with Gasteiger partial charge in [-0.1, -0.05) is 24.6 Å². The Morgan fingerprint density at radius 2 is 2.28 bits per heavy atom. The van der Waals surface area contributed by atoms with Crippen LogP contribution < -0.4 is 5.73 Å². The molecule has 1 saturated heterocycles. The number of nitrogens with zero attached hydrogens (tertiary/aromatic N) is 1. The first kappa shape index (κ1) is 13.8. The van der Waals surface area contributed by atoms with E-state index in [-0.39, 0.29) is 22.3 Å². The smallest absolute Gasteiger partial charge is 0.141 e.